The Hall–Kier alpha value is -0.132. The summed E-state index contributed by atoms with van der Waals surface area (Å²) in [4.78, 5) is 0. The van der Waals surface area contributed by atoms with Gasteiger partial charge < -0.3 is 5.11 Å². The first-order valence-electron chi connectivity index (χ1n) is 6.15. The Morgan fingerprint density at radius 1 is 1.12 bits per heavy atom. The fraction of sp³-hybridized carbons (Fsp3) is 0.600. The van der Waals surface area contributed by atoms with E-state index in [1.807, 2.05) is 0 Å². The molecule has 0 heterocycles. The minimum absolute atomic E-state index is 0. The quantitative estimate of drug-likeness (QED) is 0.811. The summed E-state index contributed by atoms with van der Waals surface area (Å²) in [7, 11) is 0. The molecule has 0 aromatic heterocycles. The standard InChI is InChI=1S/C15H24O.W/c1-12(15(2,3)4)14-9-7-13(8-10-14)6-5-11-16;/h7-10,12,16H,5-6,11H2,1-4H3;. The number of aliphatic hydroxyl groups excluding tert-OH is 1. The molecule has 0 aliphatic carbocycles. The number of hydrogen-bond donors (Lipinski definition) is 1. The van der Waals surface area contributed by atoms with Crippen molar-refractivity contribution in [2.24, 2.45) is 5.41 Å². The van der Waals surface area contributed by atoms with Crippen LogP contribution in [0.1, 0.15) is 51.2 Å². The van der Waals surface area contributed by atoms with Gasteiger partial charge in [-0.2, -0.15) is 0 Å². The second-order valence-electron chi connectivity index (χ2n) is 5.66. The van der Waals surface area contributed by atoms with Gasteiger partial charge in [0.2, 0.25) is 0 Å². The molecule has 0 spiro atoms. The van der Waals surface area contributed by atoms with Crippen LogP contribution in [0.25, 0.3) is 0 Å². The Kier molecular flexibility index (Phi) is 7.28. The summed E-state index contributed by atoms with van der Waals surface area (Å²) in [6, 6.07) is 8.83. The first-order chi connectivity index (χ1) is 7.45. The molecule has 1 atom stereocenters. The maximum Gasteiger partial charge on any atom is 0.0434 e. The zero-order valence-electron chi connectivity index (χ0n) is 11.4. The molecule has 0 saturated heterocycles. The van der Waals surface area contributed by atoms with Crippen molar-refractivity contribution in [3.05, 3.63) is 35.4 Å². The van der Waals surface area contributed by atoms with Gasteiger partial charge in [-0.25, -0.2) is 0 Å². The number of aliphatic hydroxyl groups is 1. The molecule has 1 aromatic rings. The van der Waals surface area contributed by atoms with Crippen molar-refractivity contribution in [3.8, 4) is 0 Å². The molecule has 1 N–H and O–H groups in total. The van der Waals surface area contributed by atoms with E-state index in [4.69, 9.17) is 5.11 Å². The molecule has 96 valence electrons. The molecule has 0 fully saturated rings. The van der Waals surface area contributed by atoms with Crippen LogP contribution in [-0.2, 0) is 27.5 Å². The predicted molar refractivity (Wildman–Crippen MR) is 69.7 cm³/mol. The molecule has 1 nitrogen and oxygen atoms in total. The SMILES string of the molecule is CC(c1ccc(CCCO)cc1)C(C)(C)C.[W]. The van der Waals surface area contributed by atoms with Gasteiger partial charge in [-0.05, 0) is 35.3 Å². The Balaban J connectivity index is 0.00000256. The Morgan fingerprint density at radius 2 is 1.65 bits per heavy atom. The summed E-state index contributed by atoms with van der Waals surface area (Å²) in [5, 5.41) is 8.78. The van der Waals surface area contributed by atoms with Crippen molar-refractivity contribution in [1.29, 1.82) is 0 Å². The molecule has 0 aliphatic heterocycles. The van der Waals surface area contributed by atoms with Crippen molar-refractivity contribution in [1.82, 2.24) is 0 Å². The van der Waals surface area contributed by atoms with Gasteiger partial charge in [0.25, 0.3) is 0 Å². The summed E-state index contributed by atoms with van der Waals surface area (Å²) in [6.45, 7) is 9.38. The maximum atomic E-state index is 8.78. The van der Waals surface area contributed by atoms with Gasteiger partial charge in [-0.1, -0.05) is 52.0 Å². The topological polar surface area (TPSA) is 20.2 Å². The molecule has 1 aromatic carbocycles. The Labute approximate surface area is 120 Å². The van der Waals surface area contributed by atoms with Gasteiger partial charge in [0.05, 0.1) is 0 Å². The van der Waals surface area contributed by atoms with E-state index in [1.54, 1.807) is 0 Å². The van der Waals surface area contributed by atoms with Crippen molar-refractivity contribution in [2.75, 3.05) is 6.61 Å². The number of aryl methyl sites for hydroxylation is 1. The van der Waals surface area contributed by atoms with Gasteiger partial charge in [-0.3, -0.25) is 0 Å². The Bertz CT molecular complexity index is 311. The minimum atomic E-state index is 0. The molecule has 17 heavy (non-hydrogen) atoms. The third kappa shape index (κ3) is 5.36. The van der Waals surface area contributed by atoms with E-state index in [1.165, 1.54) is 11.1 Å². The average molecular weight is 404 g/mol. The second-order valence-corrected chi connectivity index (χ2v) is 5.66. The number of hydrogen-bond acceptors (Lipinski definition) is 1. The average Bonchev–Trinajstić information content (AvgIpc) is 2.25. The molecular weight excluding hydrogens is 380 g/mol. The van der Waals surface area contributed by atoms with Crippen LogP contribution in [0, 0.1) is 5.41 Å². The molecule has 0 radical (unpaired) electrons. The van der Waals surface area contributed by atoms with Crippen LogP contribution < -0.4 is 0 Å². The third-order valence-corrected chi connectivity index (χ3v) is 3.40. The van der Waals surface area contributed by atoms with E-state index in [0.717, 1.165) is 12.8 Å². The van der Waals surface area contributed by atoms with Gasteiger partial charge >= 0.3 is 0 Å². The molecule has 0 saturated carbocycles. The van der Waals surface area contributed by atoms with Gasteiger partial charge in [0, 0.05) is 27.7 Å². The zero-order valence-corrected chi connectivity index (χ0v) is 14.3. The first-order valence-corrected chi connectivity index (χ1v) is 6.15. The van der Waals surface area contributed by atoms with Gasteiger partial charge in [0.1, 0.15) is 0 Å². The predicted octanol–water partition coefficient (Wildman–Crippen LogP) is 3.76. The van der Waals surface area contributed by atoms with Crippen LogP contribution in [0.5, 0.6) is 0 Å². The van der Waals surface area contributed by atoms with Crippen LogP contribution in [0.15, 0.2) is 24.3 Å². The van der Waals surface area contributed by atoms with Crippen LogP contribution in [-0.4, -0.2) is 11.7 Å². The van der Waals surface area contributed by atoms with Crippen molar-refractivity contribution >= 4 is 0 Å². The van der Waals surface area contributed by atoms with Crippen molar-refractivity contribution < 1.29 is 26.2 Å². The van der Waals surface area contributed by atoms with Crippen LogP contribution in [0.2, 0.25) is 0 Å². The fourth-order valence-electron chi connectivity index (χ4n) is 1.76. The number of rotatable bonds is 4. The van der Waals surface area contributed by atoms with E-state index in [2.05, 4.69) is 52.0 Å². The fourth-order valence-corrected chi connectivity index (χ4v) is 1.76. The maximum absolute atomic E-state index is 8.78. The van der Waals surface area contributed by atoms with Gasteiger partial charge in [0.15, 0.2) is 0 Å². The first kappa shape index (κ1) is 16.9. The summed E-state index contributed by atoms with van der Waals surface area (Å²) >= 11 is 0. The summed E-state index contributed by atoms with van der Waals surface area (Å²) in [5.74, 6) is 0.569. The number of benzene rings is 1. The third-order valence-electron chi connectivity index (χ3n) is 3.40. The van der Waals surface area contributed by atoms with E-state index in [0.29, 0.717) is 11.3 Å². The molecule has 0 aliphatic rings. The smallest absolute Gasteiger partial charge is 0.0434 e. The molecular formula is C15H24OW. The molecule has 1 rings (SSSR count). The molecule has 0 amide bonds. The zero-order chi connectivity index (χ0) is 12.2. The van der Waals surface area contributed by atoms with Gasteiger partial charge in [-0.15, -0.1) is 0 Å². The minimum Gasteiger partial charge on any atom is -0.396 e. The van der Waals surface area contributed by atoms with E-state index < -0.39 is 0 Å². The summed E-state index contributed by atoms with van der Waals surface area (Å²) < 4.78 is 0. The summed E-state index contributed by atoms with van der Waals surface area (Å²) in [6.07, 6.45) is 1.83. The van der Waals surface area contributed by atoms with E-state index in [9.17, 15) is 0 Å². The van der Waals surface area contributed by atoms with E-state index >= 15 is 0 Å². The monoisotopic (exact) mass is 404 g/mol. The molecule has 2 heteroatoms. The van der Waals surface area contributed by atoms with Crippen LogP contribution in [0.4, 0.5) is 0 Å². The van der Waals surface area contributed by atoms with Crippen molar-refractivity contribution in [3.63, 3.8) is 0 Å². The largest absolute Gasteiger partial charge is 0.396 e. The summed E-state index contributed by atoms with van der Waals surface area (Å²) in [5.41, 5.74) is 3.03. The normalized spacial score (nSPS) is 13.0. The Morgan fingerprint density at radius 3 is 2.06 bits per heavy atom. The van der Waals surface area contributed by atoms with Crippen LogP contribution >= 0.6 is 0 Å². The molecule has 1 unspecified atom stereocenters. The van der Waals surface area contributed by atoms with Crippen LogP contribution in [0.3, 0.4) is 0 Å². The van der Waals surface area contributed by atoms with E-state index in [-0.39, 0.29) is 27.7 Å². The second kappa shape index (κ2) is 7.34. The molecule has 0 bridgehead atoms. The van der Waals surface area contributed by atoms with Crippen molar-refractivity contribution in [2.45, 2.75) is 46.5 Å².